The van der Waals surface area contributed by atoms with Crippen molar-refractivity contribution in [3.63, 3.8) is 0 Å². The molecule has 1 aliphatic heterocycles. The molecule has 0 spiro atoms. The van der Waals surface area contributed by atoms with E-state index in [4.69, 9.17) is 27.9 Å². The van der Waals surface area contributed by atoms with Crippen LogP contribution < -0.4 is 9.64 Å². The summed E-state index contributed by atoms with van der Waals surface area (Å²) in [5, 5.41) is 0.742. The molecule has 7 heteroatoms. The second kappa shape index (κ2) is 8.96. The topological polar surface area (TPSA) is 46.6 Å². The van der Waals surface area contributed by atoms with Crippen molar-refractivity contribution in [1.82, 2.24) is 0 Å². The number of benzene rings is 3. The first-order chi connectivity index (χ1) is 14.5. The van der Waals surface area contributed by atoms with Crippen molar-refractivity contribution in [3.05, 3.63) is 98.9 Å². The van der Waals surface area contributed by atoms with E-state index in [1.807, 2.05) is 24.3 Å². The monoisotopic (exact) mass is 455 g/mol. The number of anilines is 1. The number of carbonyl (C=O) groups is 2. The molecule has 4 nitrogen and oxygen atoms in total. The van der Waals surface area contributed by atoms with Crippen LogP contribution in [0.3, 0.4) is 0 Å². The number of amides is 2. The third kappa shape index (κ3) is 4.38. The summed E-state index contributed by atoms with van der Waals surface area (Å²) in [6.07, 6.45) is 1.67. The second-order valence-corrected chi connectivity index (χ2v) is 8.25. The van der Waals surface area contributed by atoms with Gasteiger partial charge in [-0.05, 0) is 48.2 Å². The van der Waals surface area contributed by atoms with Gasteiger partial charge in [0, 0.05) is 21.2 Å². The average molecular weight is 456 g/mol. The Kier molecular flexibility index (Phi) is 6.13. The molecule has 0 atom stereocenters. The van der Waals surface area contributed by atoms with Crippen LogP contribution in [0.2, 0.25) is 10.0 Å². The van der Waals surface area contributed by atoms with Crippen LogP contribution in [0, 0.1) is 0 Å². The molecule has 1 fully saturated rings. The van der Waals surface area contributed by atoms with Gasteiger partial charge in [0.05, 0.1) is 10.6 Å². The van der Waals surface area contributed by atoms with Crippen molar-refractivity contribution >= 4 is 57.9 Å². The molecule has 0 bridgehead atoms. The standard InChI is InChI=1S/C23H15Cl2NO3S/c24-17-11-10-16(19(25)13-17)14-29-20-9-5-4-6-15(20)12-21-22(27)26(23(28)30-21)18-7-2-1-3-8-18/h1-13H,14H2/b21-12+. The fraction of sp³-hybridized carbons (Fsp3) is 0.0435. The van der Waals surface area contributed by atoms with E-state index in [-0.39, 0.29) is 17.8 Å². The molecule has 0 aliphatic carbocycles. The normalized spacial score (nSPS) is 15.1. The fourth-order valence-corrected chi connectivity index (χ4v) is 4.23. The molecule has 3 aromatic rings. The van der Waals surface area contributed by atoms with Crippen LogP contribution in [0.25, 0.3) is 6.08 Å². The van der Waals surface area contributed by atoms with E-state index in [1.54, 1.807) is 54.6 Å². The Morgan fingerprint density at radius 2 is 1.67 bits per heavy atom. The summed E-state index contributed by atoms with van der Waals surface area (Å²) in [5.41, 5.74) is 2.03. The predicted molar refractivity (Wildman–Crippen MR) is 122 cm³/mol. The van der Waals surface area contributed by atoms with Gasteiger partial charge in [0.25, 0.3) is 11.1 Å². The van der Waals surface area contributed by atoms with Crippen molar-refractivity contribution in [2.45, 2.75) is 6.61 Å². The van der Waals surface area contributed by atoms with Gasteiger partial charge in [-0.15, -0.1) is 0 Å². The van der Waals surface area contributed by atoms with Gasteiger partial charge in [0.15, 0.2) is 0 Å². The molecule has 0 N–H and O–H groups in total. The Balaban J connectivity index is 1.57. The summed E-state index contributed by atoms with van der Waals surface area (Å²) in [6, 6.07) is 21.4. The lowest BCUT2D eigenvalue weighted by atomic mass is 10.1. The summed E-state index contributed by atoms with van der Waals surface area (Å²) in [4.78, 5) is 26.8. The minimum absolute atomic E-state index is 0.242. The molecule has 150 valence electrons. The molecule has 1 heterocycles. The molecular formula is C23H15Cl2NO3S. The first kappa shape index (κ1) is 20.5. The van der Waals surface area contributed by atoms with Crippen molar-refractivity contribution in [2.24, 2.45) is 0 Å². The maximum Gasteiger partial charge on any atom is 0.298 e. The predicted octanol–water partition coefficient (Wildman–Crippen LogP) is 6.81. The van der Waals surface area contributed by atoms with Gasteiger partial charge in [-0.2, -0.15) is 0 Å². The zero-order valence-electron chi connectivity index (χ0n) is 15.5. The maximum absolute atomic E-state index is 12.8. The summed E-state index contributed by atoms with van der Waals surface area (Å²) >= 11 is 13.1. The van der Waals surface area contributed by atoms with E-state index in [1.165, 1.54) is 4.90 Å². The van der Waals surface area contributed by atoms with Crippen molar-refractivity contribution in [2.75, 3.05) is 4.90 Å². The van der Waals surface area contributed by atoms with Gasteiger partial charge in [0.1, 0.15) is 12.4 Å². The van der Waals surface area contributed by atoms with Crippen LogP contribution in [0.5, 0.6) is 5.75 Å². The van der Waals surface area contributed by atoms with Crippen LogP contribution in [-0.4, -0.2) is 11.1 Å². The minimum Gasteiger partial charge on any atom is -0.488 e. The number of halogens is 2. The number of imide groups is 1. The maximum atomic E-state index is 12.8. The lowest BCUT2D eigenvalue weighted by molar-refractivity contribution is -0.113. The number of carbonyl (C=O) groups excluding carboxylic acids is 2. The van der Waals surface area contributed by atoms with E-state index in [0.29, 0.717) is 32.0 Å². The number of nitrogens with zero attached hydrogens (tertiary/aromatic N) is 1. The van der Waals surface area contributed by atoms with E-state index >= 15 is 0 Å². The largest absolute Gasteiger partial charge is 0.488 e. The molecular weight excluding hydrogens is 441 g/mol. The summed E-state index contributed by atoms with van der Waals surface area (Å²) < 4.78 is 5.94. The van der Waals surface area contributed by atoms with Gasteiger partial charge < -0.3 is 4.74 Å². The lowest BCUT2D eigenvalue weighted by Crippen LogP contribution is -2.27. The fourth-order valence-electron chi connectivity index (χ4n) is 2.93. The van der Waals surface area contributed by atoms with Crippen molar-refractivity contribution in [1.29, 1.82) is 0 Å². The molecule has 0 saturated carbocycles. The smallest absolute Gasteiger partial charge is 0.298 e. The zero-order valence-corrected chi connectivity index (χ0v) is 17.9. The molecule has 0 radical (unpaired) electrons. The summed E-state index contributed by atoms with van der Waals surface area (Å²) in [5.74, 6) is 0.224. The highest BCUT2D eigenvalue weighted by Gasteiger charge is 2.36. The van der Waals surface area contributed by atoms with Gasteiger partial charge in [-0.1, -0.05) is 65.7 Å². The molecule has 2 amide bonds. The van der Waals surface area contributed by atoms with E-state index in [2.05, 4.69) is 0 Å². The van der Waals surface area contributed by atoms with E-state index < -0.39 is 0 Å². The number of hydrogen-bond acceptors (Lipinski definition) is 4. The molecule has 0 unspecified atom stereocenters. The Morgan fingerprint density at radius 3 is 2.43 bits per heavy atom. The summed E-state index contributed by atoms with van der Waals surface area (Å²) in [6.45, 7) is 0.242. The van der Waals surface area contributed by atoms with Crippen LogP contribution in [0.4, 0.5) is 10.5 Å². The van der Waals surface area contributed by atoms with E-state index in [9.17, 15) is 9.59 Å². The first-order valence-corrected chi connectivity index (χ1v) is 10.6. The van der Waals surface area contributed by atoms with Gasteiger partial charge in [-0.3, -0.25) is 9.59 Å². The molecule has 1 saturated heterocycles. The van der Waals surface area contributed by atoms with Crippen molar-refractivity contribution in [3.8, 4) is 5.75 Å². The van der Waals surface area contributed by atoms with Crippen LogP contribution in [0.15, 0.2) is 77.7 Å². The SMILES string of the molecule is O=C1S/C(=C/c2ccccc2OCc2ccc(Cl)cc2Cl)C(=O)N1c1ccccc1. The van der Waals surface area contributed by atoms with Crippen molar-refractivity contribution < 1.29 is 14.3 Å². The number of thioether (sulfide) groups is 1. The minimum atomic E-state index is -0.355. The van der Waals surface area contributed by atoms with Gasteiger partial charge in [-0.25, -0.2) is 4.90 Å². The lowest BCUT2D eigenvalue weighted by Gasteiger charge is -2.12. The second-order valence-electron chi connectivity index (χ2n) is 6.41. The Hall–Kier alpha value is -2.73. The van der Waals surface area contributed by atoms with Crippen LogP contribution in [-0.2, 0) is 11.4 Å². The third-order valence-electron chi connectivity index (χ3n) is 4.41. The number of para-hydroxylation sites is 2. The highest BCUT2D eigenvalue weighted by Crippen LogP contribution is 2.37. The average Bonchev–Trinajstić information content (AvgIpc) is 3.02. The quantitative estimate of drug-likeness (QED) is 0.396. The van der Waals surface area contributed by atoms with Gasteiger partial charge in [0.2, 0.25) is 0 Å². The summed E-state index contributed by atoms with van der Waals surface area (Å²) in [7, 11) is 0. The number of rotatable bonds is 5. The number of ether oxygens (including phenoxy) is 1. The molecule has 4 rings (SSSR count). The zero-order chi connectivity index (χ0) is 21.1. The number of hydrogen-bond donors (Lipinski definition) is 0. The Morgan fingerprint density at radius 1 is 0.933 bits per heavy atom. The molecule has 0 aromatic heterocycles. The van der Waals surface area contributed by atoms with Gasteiger partial charge >= 0.3 is 0 Å². The highest BCUT2D eigenvalue weighted by atomic mass is 35.5. The van der Waals surface area contributed by atoms with Crippen LogP contribution in [0.1, 0.15) is 11.1 Å². The molecule has 3 aromatic carbocycles. The Labute approximate surface area is 188 Å². The first-order valence-electron chi connectivity index (χ1n) is 9.02. The molecule has 1 aliphatic rings. The highest BCUT2D eigenvalue weighted by molar-refractivity contribution is 8.19. The third-order valence-corrected chi connectivity index (χ3v) is 5.87. The van der Waals surface area contributed by atoms with E-state index in [0.717, 1.165) is 17.3 Å². The Bertz CT molecular complexity index is 1150. The van der Waals surface area contributed by atoms with Crippen LogP contribution >= 0.6 is 35.0 Å². The molecule has 30 heavy (non-hydrogen) atoms.